The number of aromatic hydroxyl groups is 1. The Balaban J connectivity index is 0.00000171. The summed E-state index contributed by atoms with van der Waals surface area (Å²) in [4.78, 5) is 11.7. The van der Waals surface area contributed by atoms with Crippen molar-refractivity contribution in [2.24, 2.45) is 5.10 Å². The van der Waals surface area contributed by atoms with Gasteiger partial charge < -0.3 is 15.3 Å². The normalized spacial score (nSPS) is 9.50. The van der Waals surface area contributed by atoms with Crippen LogP contribution in [0.3, 0.4) is 0 Å². The van der Waals surface area contributed by atoms with Gasteiger partial charge in [-0.3, -0.25) is 4.79 Å². The fourth-order valence-electron chi connectivity index (χ4n) is 1.83. The minimum Gasteiger partial charge on any atom is -0.753 e. The number of nitrogens with zero attached hydrogens (tertiary/aromatic N) is 2. The van der Waals surface area contributed by atoms with Crippen molar-refractivity contribution >= 4 is 52.7 Å². The number of isothiocyanates is 1. The van der Waals surface area contributed by atoms with Gasteiger partial charge in [0.1, 0.15) is 11.5 Å². The SMILES string of the molecule is O=C(CCCOc1ccc(Cl)cc1Cl)N/N=C/c1ccccc1O.[Cu+].[N-]=C=S. The predicted octanol–water partition coefficient (Wildman–Crippen LogP) is 4.66. The number of nitrogens with one attached hydrogen (secondary N) is 1. The van der Waals surface area contributed by atoms with Crippen molar-refractivity contribution in [3.8, 4) is 11.5 Å². The average molecular weight is 489 g/mol. The molecule has 0 aromatic heterocycles. The van der Waals surface area contributed by atoms with Crippen LogP contribution in [0.4, 0.5) is 0 Å². The summed E-state index contributed by atoms with van der Waals surface area (Å²) in [7, 11) is 0. The number of carbonyl (C=O) groups is 1. The Morgan fingerprint density at radius 1 is 1.32 bits per heavy atom. The molecule has 2 rings (SSSR count). The third-order valence-electron chi connectivity index (χ3n) is 3.03. The first-order chi connectivity index (χ1) is 13.0. The van der Waals surface area contributed by atoms with Crippen molar-refractivity contribution in [2.75, 3.05) is 6.61 Å². The van der Waals surface area contributed by atoms with Gasteiger partial charge in [-0.15, -0.1) is 0 Å². The molecule has 2 aromatic carbocycles. The van der Waals surface area contributed by atoms with E-state index in [1.54, 1.807) is 42.5 Å². The maximum atomic E-state index is 11.7. The summed E-state index contributed by atoms with van der Waals surface area (Å²) in [6, 6.07) is 11.7. The topological polar surface area (TPSA) is 93.2 Å². The number of hydrazone groups is 1. The number of hydrogen-bond acceptors (Lipinski definition) is 5. The van der Waals surface area contributed by atoms with Crippen molar-refractivity contribution in [2.45, 2.75) is 12.8 Å². The van der Waals surface area contributed by atoms with Gasteiger partial charge >= 0.3 is 17.1 Å². The van der Waals surface area contributed by atoms with E-state index in [4.69, 9.17) is 33.3 Å². The largest absolute Gasteiger partial charge is 1.00 e. The Hall–Kier alpha value is -1.92. The van der Waals surface area contributed by atoms with E-state index >= 15 is 0 Å². The maximum absolute atomic E-state index is 11.7. The summed E-state index contributed by atoms with van der Waals surface area (Å²) >= 11 is 15.5. The van der Waals surface area contributed by atoms with Crippen LogP contribution in [0, 0.1) is 0 Å². The number of phenolic OH excluding ortho intramolecular Hbond substituents is 1. The van der Waals surface area contributed by atoms with E-state index in [-0.39, 0.29) is 35.1 Å². The summed E-state index contributed by atoms with van der Waals surface area (Å²) < 4.78 is 5.49. The van der Waals surface area contributed by atoms with Crippen LogP contribution in [0.1, 0.15) is 18.4 Å². The molecule has 0 aliphatic heterocycles. The van der Waals surface area contributed by atoms with Crippen LogP contribution >= 0.6 is 35.4 Å². The van der Waals surface area contributed by atoms with Gasteiger partial charge in [0.25, 0.3) is 0 Å². The fraction of sp³-hybridized carbons (Fsp3) is 0.167. The third kappa shape index (κ3) is 10.4. The molecule has 10 heteroatoms. The smallest absolute Gasteiger partial charge is 0.753 e. The molecule has 0 heterocycles. The Bertz CT molecular complexity index is 831. The van der Waals surface area contributed by atoms with Gasteiger partial charge in [-0.1, -0.05) is 47.6 Å². The van der Waals surface area contributed by atoms with Crippen molar-refractivity contribution < 1.29 is 31.7 Å². The summed E-state index contributed by atoms with van der Waals surface area (Å²) in [5, 5.41) is 22.8. The summed E-state index contributed by atoms with van der Waals surface area (Å²) in [5.74, 6) is 0.385. The molecule has 0 spiro atoms. The molecule has 2 N–H and O–H groups in total. The summed E-state index contributed by atoms with van der Waals surface area (Å²) in [6.45, 7) is 0.345. The fourth-order valence-corrected chi connectivity index (χ4v) is 2.30. The molecule has 0 aliphatic carbocycles. The second-order valence-corrected chi connectivity index (χ2v) is 6.00. The molecule has 1 amide bonds. The van der Waals surface area contributed by atoms with Crippen LogP contribution in [0.2, 0.25) is 10.0 Å². The molecule has 6 nitrogen and oxygen atoms in total. The number of benzene rings is 2. The summed E-state index contributed by atoms with van der Waals surface area (Å²) in [5.41, 5.74) is 2.92. The minimum absolute atomic E-state index is 0. The molecule has 0 bridgehead atoms. The first-order valence-corrected chi connectivity index (χ1v) is 8.83. The van der Waals surface area contributed by atoms with Crippen LogP contribution in [-0.2, 0) is 21.9 Å². The van der Waals surface area contributed by atoms with Gasteiger partial charge in [-0.05, 0) is 36.8 Å². The standard InChI is InChI=1S/C17H16Cl2N2O3.CNS.Cu/c18-13-7-8-16(14(19)10-13)24-9-3-6-17(23)21-20-11-12-4-1-2-5-15(12)22;2-1-3;/h1-2,4-5,7-8,10-11,22H,3,6,9H2,(H,21,23);;/q;-1;+1/b20-11+;;. The molecule has 0 radical (unpaired) electrons. The van der Waals surface area contributed by atoms with E-state index in [2.05, 4.69) is 22.7 Å². The number of ether oxygens (including phenoxy) is 1. The van der Waals surface area contributed by atoms with E-state index in [1.807, 2.05) is 0 Å². The second-order valence-electron chi connectivity index (χ2n) is 4.97. The van der Waals surface area contributed by atoms with E-state index in [0.717, 1.165) is 0 Å². The Morgan fingerprint density at radius 2 is 2.00 bits per heavy atom. The molecule has 0 atom stereocenters. The van der Waals surface area contributed by atoms with Crippen LogP contribution in [0.25, 0.3) is 5.41 Å². The van der Waals surface area contributed by atoms with Crippen molar-refractivity contribution in [1.82, 2.24) is 5.43 Å². The number of thiocarbonyl (C=S) groups is 1. The molecule has 152 valence electrons. The predicted molar refractivity (Wildman–Crippen MR) is 111 cm³/mol. The Labute approximate surface area is 188 Å². The van der Waals surface area contributed by atoms with Crippen molar-refractivity contribution in [3.05, 3.63) is 63.5 Å². The number of carbonyl (C=O) groups excluding carboxylic acids is 1. The molecular formula is C18H16Cl2CuN3O3S. The van der Waals surface area contributed by atoms with E-state index in [9.17, 15) is 9.90 Å². The van der Waals surface area contributed by atoms with Gasteiger partial charge in [-0.2, -0.15) is 10.3 Å². The zero-order chi connectivity index (χ0) is 20.1. The first kappa shape index (κ1) is 26.1. The van der Waals surface area contributed by atoms with Crippen molar-refractivity contribution in [1.29, 1.82) is 0 Å². The van der Waals surface area contributed by atoms with E-state index in [0.29, 0.717) is 34.4 Å². The Morgan fingerprint density at radius 3 is 2.64 bits per heavy atom. The molecule has 0 fully saturated rings. The molecule has 28 heavy (non-hydrogen) atoms. The van der Waals surface area contributed by atoms with Crippen LogP contribution in [-0.4, -0.2) is 29.0 Å². The Kier molecular flexibility index (Phi) is 14.0. The molecule has 0 saturated carbocycles. The zero-order valence-electron chi connectivity index (χ0n) is 14.4. The van der Waals surface area contributed by atoms with Gasteiger partial charge in [0.15, 0.2) is 0 Å². The quantitative estimate of drug-likeness (QED) is 0.195. The van der Waals surface area contributed by atoms with Crippen LogP contribution in [0.15, 0.2) is 47.6 Å². The molecule has 0 aliphatic rings. The average Bonchev–Trinajstić information content (AvgIpc) is 2.62. The third-order valence-corrected chi connectivity index (χ3v) is 3.56. The van der Waals surface area contributed by atoms with Crippen LogP contribution < -0.4 is 10.2 Å². The van der Waals surface area contributed by atoms with E-state index in [1.165, 1.54) is 11.4 Å². The number of hydrogen-bond donors (Lipinski definition) is 2. The maximum Gasteiger partial charge on any atom is 1.00 e. The minimum atomic E-state index is -0.243. The first-order valence-electron chi connectivity index (χ1n) is 7.67. The van der Waals surface area contributed by atoms with Gasteiger partial charge in [0.05, 0.1) is 17.8 Å². The van der Waals surface area contributed by atoms with Gasteiger partial charge in [-0.25, -0.2) is 5.43 Å². The summed E-state index contributed by atoms with van der Waals surface area (Å²) in [6.07, 6.45) is 2.15. The number of phenols is 1. The number of para-hydroxylation sites is 1. The zero-order valence-corrected chi connectivity index (χ0v) is 17.6. The van der Waals surface area contributed by atoms with Gasteiger partial charge in [0.2, 0.25) is 5.91 Å². The number of rotatable bonds is 7. The second kappa shape index (κ2) is 15.1. The monoisotopic (exact) mass is 487 g/mol. The van der Waals surface area contributed by atoms with Gasteiger partial charge in [0, 0.05) is 17.0 Å². The van der Waals surface area contributed by atoms with E-state index < -0.39 is 0 Å². The van der Waals surface area contributed by atoms with Crippen LogP contribution in [0.5, 0.6) is 11.5 Å². The number of halogens is 2. The number of amides is 1. The van der Waals surface area contributed by atoms with Crippen molar-refractivity contribution in [3.63, 3.8) is 0 Å². The molecular weight excluding hydrogens is 473 g/mol. The molecule has 2 aromatic rings. The molecule has 0 saturated heterocycles. The molecule has 0 unspecified atom stereocenters.